The van der Waals surface area contributed by atoms with Gasteiger partial charge in [-0.2, -0.15) is 0 Å². The fourth-order valence-corrected chi connectivity index (χ4v) is 3.28. The molecule has 27 heavy (non-hydrogen) atoms. The second-order valence-electron chi connectivity index (χ2n) is 6.37. The number of carbonyl (C=O) groups excluding carboxylic acids is 1. The number of ether oxygens (including phenoxy) is 1. The van der Waals surface area contributed by atoms with E-state index < -0.39 is 0 Å². The van der Waals surface area contributed by atoms with Crippen LogP contribution in [-0.4, -0.2) is 63.1 Å². The first-order valence-corrected chi connectivity index (χ1v) is 9.20. The Morgan fingerprint density at radius 1 is 1.41 bits per heavy atom. The van der Waals surface area contributed by atoms with Crippen LogP contribution in [0.3, 0.4) is 0 Å². The van der Waals surface area contributed by atoms with Crippen molar-refractivity contribution in [2.75, 3.05) is 40.3 Å². The minimum atomic E-state index is -0.272. The molecule has 0 aromatic heterocycles. The number of amides is 1. The molecule has 0 bridgehead atoms. The van der Waals surface area contributed by atoms with Gasteiger partial charge in [0.1, 0.15) is 5.75 Å². The number of methoxy groups -OCH3 is 1. The second-order valence-corrected chi connectivity index (χ2v) is 6.77. The minimum absolute atomic E-state index is 0. The van der Waals surface area contributed by atoms with Crippen LogP contribution >= 0.6 is 35.6 Å². The summed E-state index contributed by atoms with van der Waals surface area (Å²) in [6.45, 7) is 2.78. The smallest absolute Gasteiger partial charge is 0.231 e. The number of benzene rings is 1. The highest BCUT2D eigenvalue weighted by Gasteiger charge is 2.20. The van der Waals surface area contributed by atoms with Crippen molar-refractivity contribution in [2.45, 2.75) is 25.3 Å². The summed E-state index contributed by atoms with van der Waals surface area (Å²) in [5.74, 6) is 1.26. The van der Waals surface area contributed by atoms with Gasteiger partial charge in [0.2, 0.25) is 5.91 Å². The van der Waals surface area contributed by atoms with E-state index in [1.54, 1.807) is 14.2 Å². The molecule has 0 saturated carbocycles. The first kappa shape index (κ1) is 23.8. The van der Waals surface area contributed by atoms with Crippen molar-refractivity contribution in [3.05, 3.63) is 28.8 Å². The Morgan fingerprint density at radius 2 is 2.11 bits per heavy atom. The Balaban J connectivity index is 0.00000364. The van der Waals surface area contributed by atoms with Crippen molar-refractivity contribution in [3.8, 4) is 5.75 Å². The van der Waals surface area contributed by atoms with Crippen molar-refractivity contribution in [1.82, 2.24) is 15.5 Å². The van der Waals surface area contributed by atoms with Gasteiger partial charge in [-0.1, -0.05) is 17.7 Å². The Kier molecular flexibility index (Phi) is 10.8. The molecule has 0 unspecified atom stereocenters. The van der Waals surface area contributed by atoms with Gasteiger partial charge in [0.05, 0.1) is 13.7 Å². The van der Waals surface area contributed by atoms with Crippen LogP contribution in [0.2, 0.25) is 5.02 Å². The number of nitrogens with one attached hydrogen (secondary N) is 2. The Morgan fingerprint density at radius 3 is 2.67 bits per heavy atom. The van der Waals surface area contributed by atoms with Gasteiger partial charge in [-0.25, -0.2) is 0 Å². The van der Waals surface area contributed by atoms with E-state index in [0.29, 0.717) is 17.6 Å². The van der Waals surface area contributed by atoms with Crippen LogP contribution in [0.15, 0.2) is 23.2 Å². The van der Waals surface area contributed by atoms with Crippen LogP contribution in [0.1, 0.15) is 18.4 Å². The van der Waals surface area contributed by atoms with Crippen molar-refractivity contribution < 1.29 is 9.53 Å². The number of aliphatic imine (C=N–C) groups is 1. The molecule has 1 amide bonds. The highest BCUT2D eigenvalue weighted by molar-refractivity contribution is 14.0. The molecule has 1 aliphatic heterocycles. The summed E-state index contributed by atoms with van der Waals surface area (Å²) in [7, 11) is 3.39. The lowest BCUT2D eigenvalue weighted by molar-refractivity contribution is -0.119. The molecule has 0 spiro atoms. The summed E-state index contributed by atoms with van der Waals surface area (Å²) in [4.78, 5) is 17.4. The van der Waals surface area contributed by atoms with Crippen molar-refractivity contribution in [1.29, 1.82) is 0 Å². The number of hydrogen-bond acceptors (Lipinski definition) is 4. The zero-order chi connectivity index (χ0) is 18.9. The number of piperidine rings is 1. The van der Waals surface area contributed by atoms with E-state index in [2.05, 4.69) is 20.5 Å². The van der Waals surface area contributed by atoms with E-state index in [4.69, 9.17) is 22.1 Å². The van der Waals surface area contributed by atoms with Gasteiger partial charge in [0.25, 0.3) is 0 Å². The van der Waals surface area contributed by atoms with Gasteiger partial charge >= 0.3 is 0 Å². The fraction of sp³-hybridized carbons (Fsp3) is 0.556. The van der Waals surface area contributed by atoms with E-state index in [1.807, 2.05) is 18.2 Å². The minimum Gasteiger partial charge on any atom is -0.497 e. The van der Waals surface area contributed by atoms with Crippen molar-refractivity contribution >= 4 is 47.4 Å². The van der Waals surface area contributed by atoms with Crippen molar-refractivity contribution in [3.63, 3.8) is 0 Å². The maximum atomic E-state index is 11.0. The summed E-state index contributed by atoms with van der Waals surface area (Å²) in [6, 6.07) is 6.06. The van der Waals surface area contributed by atoms with E-state index in [1.165, 1.54) is 0 Å². The monoisotopic (exact) mass is 509 g/mol. The Bertz CT molecular complexity index is 636. The number of guanidine groups is 1. The molecule has 9 heteroatoms. The molecular weight excluding hydrogens is 481 g/mol. The van der Waals surface area contributed by atoms with Gasteiger partial charge in [-0.3, -0.25) is 14.7 Å². The molecule has 4 N–H and O–H groups in total. The molecule has 1 aromatic rings. The van der Waals surface area contributed by atoms with Crippen LogP contribution in [0.4, 0.5) is 0 Å². The third kappa shape index (κ3) is 8.10. The number of halogens is 2. The topological polar surface area (TPSA) is 92.0 Å². The maximum Gasteiger partial charge on any atom is 0.231 e. The number of likely N-dealkylation sites (tertiary alicyclic amines) is 1. The fourth-order valence-electron chi connectivity index (χ4n) is 3.02. The van der Waals surface area contributed by atoms with E-state index in [-0.39, 0.29) is 29.9 Å². The Hall–Kier alpha value is -1.26. The maximum absolute atomic E-state index is 11.0. The molecule has 152 valence electrons. The van der Waals surface area contributed by atoms with Crippen LogP contribution in [0, 0.1) is 0 Å². The first-order valence-electron chi connectivity index (χ1n) is 8.82. The SMILES string of the molecule is CN=C(NCCc1ccc(OC)cc1Cl)NC1CCN(CC(N)=O)CC1.I. The lowest BCUT2D eigenvalue weighted by Gasteiger charge is -2.32. The highest BCUT2D eigenvalue weighted by Crippen LogP contribution is 2.22. The number of rotatable bonds is 7. The van der Waals surface area contributed by atoms with Gasteiger partial charge in [-0.15, -0.1) is 24.0 Å². The first-order chi connectivity index (χ1) is 12.5. The van der Waals surface area contributed by atoms with E-state index in [0.717, 1.165) is 56.2 Å². The highest BCUT2D eigenvalue weighted by atomic mass is 127. The van der Waals surface area contributed by atoms with Gasteiger partial charge in [0, 0.05) is 37.7 Å². The summed E-state index contributed by atoms with van der Waals surface area (Å²) in [5, 5.41) is 7.47. The predicted octanol–water partition coefficient (Wildman–Crippen LogP) is 1.62. The molecule has 1 heterocycles. The molecule has 1 saturated heterocycles. The quantitative estimate of drug-likeness (QED) is 0.295. The number of carbonyl (C=O) groups is 1. The molecule has 0 atom stereocenters. The average molecular weight is 510 g/mol. The Labute approximate surface area is 183 Å². The lowest BCUT2D eigenvalue weighted by Crippen LogP contribution is -2.50. The molecular formula is C18H29ClIN5O2. The van der Waals surface area contributed by atoms with Crippen LogP contribution in [0.5, 0.6) is 5.75 Å². The largest absolute Gasteiger partial charge is 0.497 e. The standard InChI is InChI=1S/C18H28ClN5O2.HI/c1-21-18(23-14-6-9-24(10-7-14)12-17(20)25)22-8-5-13-3-4-15(26-2)11-16(13)19;/h3-4,11,14H,5-10,12H2,1-2H3,(H2,20,25)(H2,21,22,23);1H. The van der Waals surface area contributed by atoms with Gasteiger partial charge in [-0.05, 0) is 37.0 Å². The second kappa shape index (κ2) is 12.2. The third-order valence-corrected chi connectivity index (χ3v) is 4.83. The average Bonchev–Trinajstić information content (AvgIpc) is 2.63. The number of primary amides is 1. The molecule has 2 rings (SSSR count). The van der Waals surface area contributed by atoms with Gasteiger partial charge < -0.3 is 21.1 Å². The van der Waals surface area contributed by atoms with Gasteiger partial charge in [0.15, 0.2) is 5.96 Å². The molecule has 0 radical (unpaired) electrons. The molecule has 1 aromatic carbocycles. The number of hydrogen-bond donors (Lipinski definition) is 3. The summed E-state index contributed by atoms with van der Waals surface area (Å²) in [6.07, 6.45) is 2.71. The van der Waals surface area contributed by atoms with Crippen molar-refractivity contribution in [2.24, 2.45) is 10.7 Å². The van der Waals surface area contributed by atoms with Crippen LogP contribution in [0.25, 0.3) is 0 Å². The molecule has 1 aliphatic rings. The predicted molar refractivity (Wildman–Crippen MR) is 120 cm³/mol. The zero-order valence-electron chi connectivity index (χ0n) is 15.8. The number of nitrogens with two attached hydrogens (primary N) is 1. The molecule has 1 fully saturated rings. The summed E-state index contributed by atoms with van der Waals surface area (Å²) < 4.78 is 5.17. The summed E-state index contributed by atoms with van der Waals surface area (Å²) >= 11 is 6.27. The van der Waals surface area contributed by atoms with Crippen LogP contribution in [-0.2, 0) is 11.2 Å². The van der Waals surface area contributed by atoms with E-state index in [9.17, 15) is 4.79 Å². The molecule has 0 aliphatic carbocycles. The zero-order valence-corrected chi connectivity index (χ0v) is 18.9. The third-order valence-electron chi connectivity index (χ3n) is 4.48. The molecule has 7 nitrogen and oxygen atoms in total. The van der Waals surface area contributed by atoms with E-state index >= 15 is 0 Å². The lowest BCUT2D eigenvalue weighted by atomic mass is 10.1. The number of nitrogens with zero attached hydrogens (tertiary/aromatic N) is 2. The normalized spacial score (nSPS) is 15.7. The van der Waals surface area contributed by atoms with Crippen LogP contribution < -0.4 is 21.1 Å². The summed E-state index contributed by atoms with van der Waals surface area (Å²) in [5.41, 5.74) is 6.31.